The predicted molar refractivity (Wildman–Crippen MR) is 93.5 cm³/mol. The molecule has 0 spiro atoms. The summed E-state index contributed by atoms with van der Waals surface area (Å²) < 4.78 is 13.7. The van der Waals surface area contributed by atoms with Crippen LogP contribution in [0.4, 0.5) is 0 Å². The van der Waals surface area contributed by atoms with Crippen LogP contribution in [0.1, 0.15) is 23.9 Å². The number of ether oxygens (including phenoxy) is 2. The van der Waals surface area contributed by atoms with E-state index in [1.807, 2.05) is 12.1 Å². The van der Waals surface area contributed by atoms with E-state index >= 15 is 0 Å². The molecule has 3 aromatic rings. The molecular weight excluding hydrogens is 302 g/mol. The lowest BCUT2D eigenvalue weighted by Gasteiger charge is -2.18. The first-order valence-corrected chi connectivity index (χ1v) is 8.35. The van der Waals surface area contributed by atoms with Crippen molar-refractivity contribution in [3.63, 3.8) is 0 Å². The molecule has 5 heteroatoms. The van der Waals surface area contributed by atoms with Gasteiger partial charge in [0.05, 0.1) is 11.0 Å². The topological polar surface area (TPSA) is 62.3 Å². The second kappa shape index (κ2) is 6.17. The van der Waals surface area contributed by atoms with E-state index in [2.05, 4.69) is 35.8 Å². The Balaban J connectivity index is 1.77. The third-order valence-corrected chi connectivity index (χ3v) is 4.41. The zero-order valence-corrected chi connectivity index (χ0v) is 13.8. The summed E-state index contributed by atoms with van der Waals surface area (Å²) >= 11 is 0. The molecule has 24 heavy (non-hydrogen) atoms. The Bertz CT molecular complexity index is 868. The number of hydrogen-bond donors (Lipinski definition) is 1. The van der Waals surface area contributed by atoms with E-state index in [1.54, 1.807) is 0 Å². The van der Waals surface area contributed by atoms with Gasteiger partial charge in [-0.15, -0.1) is 0 Å². The molecule has 124 valence electrons. The van der Waals surface area contributed by atoms with Gasteiger partial charge in [0, 0.05) is 31.6 Å². The number of rotatable bonds is 4. The molecule has 0 fully saturated rings. The Hall–Kier alpha value is -2.53. The predicted octanol–water partition coefficient (Wildman–Crippen LogP) is 2.88. The maximum atomic E-state index is 5.73. The van der Waals surface area contributed by atoms with E-state index in [0.717, 1.165) is 46.9 Å². The zero-order chi connectivity index (χ0) is 16.5. The van der Waals surface area contributed by atoms with E-state index in [0.29, 0.717) is 19.8 Å². The van der Waals surface area contributed by atoms with Gasteiger partial charge in [0.15, 0.2) is 11.5 Å². The fourth-order valence-electron chi connectivity index (χ4n) is 3.12. The van der Waals surface area contributed by atoms with Gasteiger partial charge in [-0.2, -0.15) is 0 Å². The molecule has 0 atom stereocenters. The van der Waals surface area contributed by atoms with Crippen LogP contribution in [0.25, 0.3) is 11.0 Å². The summed E-state index contributed by atoms with van der Waals surface area (Å²) in [6, 6.07) is 12.5. The Morgan fingerprint density at radius 3 is 2.38 bits per heavy atom. The summed E-state index contributed by atoms with van der Waals surface area (Å²) in [5, 5.41) is 0. The van der Waals surface area contributed by atoms with Crippen LogP contribution in [-0.4, -0.2) is 22.8 Å². The molecule has 1 aliphatic heterocycles. The number of fused-ring (bicyclic) bond motifs is 2. The van der Waals surface area contributed by atoms with E-state index in [9.17, 15) is 0 Å². The highest BCUT2D eigenvalue weighted by molar-refractivity contribution is 5.81. The molecule has 1 aromatic heterocycles. The van der Waals surface area contributed by atoms with Gasteiger partial charge < -0.3 is 19.8 Å². The lowest BCUT2D eigenvalue weighted by Crippen LogP contribution is -2.15. The maximum absolute atomic E-state index is 5.73. The van der Waals surface area contributed by atoms with Gasteiger partial charge in [-0.1, -0.05) is 31.2 Å². The number of hydrogen-bond acceptors (Lipinski definition) is 4. The number of nitrogens with zero attached hydrogens (tertiary/aromatic N) is 2. The molecule has 5 nitrogen and oxygen atoms in total. The third kappa shape index (κ3) is 2.61. The number of imidazole rings is 1. The van der Waals surface area contributed by atoms with Crippen LogP contribution >= 0.6 is 0 Å². The Labute approximate surface area is 141 Å². The molecule has 0 bridgehead atoms. The average molecular weight is 323 g/mol. The second-order valence-electron chi connectivity index (χ2n) is 5.97. The summed E-state index contributed by atoms with van der Waals surface area (Å²) in [6.07, 6.45) is 0.877. The van der Waals surface area contributed by atoms with Crippen LogP contribution in [0, 0.1) is 0 Å². The quantitative estimate of drug-likeness (QED) is 0.802. The van der Waals surface area contributed by atoms with Gasteiger partial charge in [0.1, 0.15) is 19.0 Å². The Kier molecular flexibility index (Phi) is 3.86. The fraction of sp³-hybridized carbons (Fsp3) is 0.316. The third-order valence-electron chi connectivity index (χ3n) is 4.41. The number of aryl methyl sites for hydroxylation is 1. The lowest BCUT2D eigenvalue weighted by atomic mass is 10.1. The van der Waals surface area contributed by atoms with Crippen molar-refractivity contribution in [2.24, 2.45) is 5.73 Å². The van der Waals surface area contributed by atoms with Crippen molar-refractivity contribution in [3.8, 4) is 11.5 Å². The average Bonchev–Trinajstić information content (AvgIpc) is 2.97. The number of nitrogens with two attached hydrogens (primary N) is 1. The number of benzene rings is 2. The highest BCUT2D eigenvalue weighted by Gasteiger charge is 2.17. The monoisotopic (exact) mass is 323 g/mol. The van der Waals surface area contributed by atoms with Crippen molar-refractivity contribution in [2.45, 2.75) is 26.4 Å². The van der Waals surface area contributed by atoms with Gasteiger partial charge in [0.2, 0.25) is 0 Å². The van der Waals surface area contributed by atoms with Crippen LogP contribution in [0.5, 0.6) is 11.5 Å². The molecule has 0 amide bonds. The molecule has 4 rings (SSSR count). The van der Waals surface area contributed by atoms with Gasteiger partial charge in [-0.25, -0.2) is 4.98 Å². The van der Waals surface area contributed by atoms with Crippen LogP contribution in [0.15, 0.2) is 36.4 Å². The SMILES string of the molecule is CCc1nc2cc3c(cc2n1Cc1ccc(CN)cc1)OCCO3. The summed E-state index contributed by atoms with van der Waals surface area (Å²) in [6.45, 7) is 4.66. The molecule has 0 saturated carbocycles. The molecule has 0 unspecified atom stereocenters. The van der Waals surface area contributed by atoms with Gasteiger partial charge in [-0.05, 0) is 11.1 Å². The first kappa shape index (κ1) is 15.0. The Morgan fingerprint density at radius 2 is 1.71 bits per heavy atom. The normalized spacial score (nSPS) is 13.4. The van der Waals surface area contributed by atoms with Crippen molar-refractivity contribution in [1.29, 1.82) is 0 Å². The first-order chi connectivity index (χ1) is 11.8. The Morgan fingerprint density at radius 1 is 1.04 bits per heavy atom. The molecule has 2 aromatic carbocycles. The summed E-state index contributed by atoms with van der Waals surface area (Å²) in [7, 11) is 0. The standard InChI is InChI=1S/C19H21N3O2/c1-2-19-21-15-9-17-18(24-8-7-23-17)10-16(15)22(19)12-14-5-3-13(11-20)4-6-14/h3-6,9-10H,2,7-8,11-12,20H2,1H3. The van der Waals surface area contributed by atoms with Crippen molar-refractivity contribution < 1.29 is 9.47 Å². The molecular formula is C19H21N3O2. The molecule has 1 aliphatic rings. The van der Waals surface area contributed by atoms with Crippen LogP contribution in [-0.2, 0) is 19.5 Å². The highest BCUT2D eigenvalue weighted by Crippen LogP contribution is 2.35. The highest BCUT2D eigenvalue weighted by atomic mass is 16.6. The van der Waals surface area contributed by atoms with Crippen LogP contribution in [0.2, 0.25) is 0 Å². The van der Waals surface area contributed by atoms with Crippen molar-refractivity contribution in [2.75, 3.05) is 13.2 Å². The van der Waals surface area contributed by atoms with Crippen LogP contribution < -0.4 is 15.2 Å². The van der Waals surface area contributed by atoms with E-state index in [4.69, 9.17) is 20.2 Å². The minimum Gasteiger partial charge on any atom is -0.486 e. The minimum absolute atomic E-state index is 0.567. The van der Waals surface area contributed by atoms with E-state index < -0.39 is 0 Å². The van der Waals surface area contributed by atoms with E-state index in [1.165, 1.54) is 5.56 Å². The largest absolute Gasteiger partial charge is 0.486 e. The summed E-state index contributed by atoms with van der Waals surface area (Å²) in [5.41, 5.74) is 10.1. The summed E-state index contributed by atoms with van der Waals surface area (Å²) in [5.74, 6) is 2.65. The molecule has 2 N–H and O–H groups in total. The minimum atomic E-state index is 0.567. The molecule has 0 radical (unpaired) electrons. The van der Waals surface area contributed by atoms with Crippen molar-refractivity contribution >= 4 is 11.0 Å². The smallest absolute Gasteiger partial charge is 0.163 e. The van der Waals surface area contributed by atoms with E-state index in [-0.39, 0.29) is 0 Å². The maximum Gasteiger partial charge on any atom is 0.163 e. The van der Waals surface area contributed by atoms with Crippen molar-refractivity contribution in [1.82, 2.24) is 9.55 Å². The molecule has 2 heterocycles. The first-order valence-electron chi connectivity index (χ1n) is 8.35. The molecule has 0 aliphatic carbocycles. The second-order valence-corrected chi connectivity index (χ2v) is 5.97. The fourth-order valence-corrected chi connectivity index (χ4v) is 3.12. The van der Waals surface area contributed by atoms with Gasteiger partial charge in [0.25, 0.3) is 0 Å². The summed E-state index contributed by atoms with van der Waals surface area (Å²) in [4.78, 5) is 4.78. The van der Waals surface area contributed by atoms with Crippen LogP contribution in [0.3, 0.4) is 0 Å². The van der Waals surface area contributed by atoms with Crippen molar-refractivity contribution in [3.05, 3.63) is 53.3 Å². The zero-order valence-electron chi connectivity index (χ0n) is 13.8. The molecule has 0 saturated heterocycles. The lowest BCUT2D eigenvalue weighted by molar-refractivity contribution is 0.172. The van der Waals surface area contributed by atoms with Gasteiger partial charge in [-0.3, -0.25) is 0 Å². The number of aromatic nitrogens is 2. The van der Waals surface area contributed by atoms with Gasteiger partial charge >= 0.3 is 0 Å².